The molecular formula is C38H74N4. The third kappa shape index (κ3) is 8.76. The molecule has 4 fully saturated rings. The molecule has 4 saturated heterocycles. The summed E-state index contributed by atoms with van der Waals surface area (Å²) in [5.74, 6) is 4.49. The van der Waals surface area contributed by atoms with Crippen molar-refractivity contribution in [2.24, 2.45) is 29.6 Å². The predicted octanol–water partition coefficient (Wildman–Crippen LogP) is 8.40. The first kappa shape index (κ1) is 34.7. The number of hydrogen-bond donors (Lipinski definition) is 0. The van der Waals surface area contributed by atoms with Crippen LogP contribution in [0.5, 0.6) is 0 Å². The molecular weight excluding hydrogens is 512 g/mol. The number of rotatable bonds is 5. The van der Waals surface area contributed by atoms with Crippen molar-refractivity contribution in [3.8, 4) is 0 Å². The second kappa shape index (κ2) is 13.3. The quantitative estimate of drug-likeness (QED) is 0.321. The summed E-state index contributed by atoms with van der Waals surface area (Å²) in [7, 11) is 0. The van der Waals surface area contributed by atoms with E-state index in [4.69, 9.17) is 0 Å². The highest BCUT2D eigenvalue weighted by molar-refractivity contribution is 5.00. The Bertz CT molecular complexity index is 823. The lowest BCUT2D eigenvalue weighted by Crippen LogP contribution is -2.61. The summed E-state index contributed by atoms with van der Waals surface area (Å²) in [6, 6.07) is 0.738. The van der Waals surface area contributed by atoms with Gasteiger partial charge in [-0.25, -0.2) is 0 Å². The minimum Gasteiger partial charge on any atom is -0.298 e. The summed E-state index contributed by atoms with van der Waals surface area (Å²) in [4.78, 5) is 11.3. The molecule has 0 aromatic heterocycles. The minimum absolute atomic E-state index is 0.250. The van der Waals surface area contributed by atoms with Gasteiger partial charge in [0.2, 0.25) is 0 Å². The molecule has 0 aromatic rings. The lowest BCUT2D eigenvalue weighted by molar-refractivity contribution is -0.0656. The SMILES string of the molecule is CC(C)(C)N1CCC(CCC2CCN(C(C)(C)C)CC2C2CC(C3CCN(C(C)(C)C)CC3)CCN2C(C)(C)C)CC1. The molecule has 0 amide bonds. The first-order chi connectivity index (χ1) is 19.3. The molecule has 246 valence electrons. The van der Waals surface area contributed by atoms with E-state index in [1.807, 2.05) is 0 Å². The largest absolute Gasteiger partial charge is 0.298 e. The van der Waals surface area contributed by atoms with Gasteiger partial charge in [0, 0.05) is 34.7 Å². The molecule has 4 unspecified atom stereocenters. The Morgan fingerprint density at radius 3 is 1.45 bits per heavy atom. The topological polar surface area (TPSA) is 13.0 Å². The fourth-order valence-corrected chi connectivity index (χ4v) is 9.51. The van der Waals surface area contributed by atoms with Gasteiger partial charge in [-0.2, -0.15) is 0 Å². The molecule has 4 heterocycles. The van der Waals surface area contributed by atoms with Gasteiger partial charge in [0.05, 0.1) is 0 Å². The van der Waals surface area contributed by atoms with Gasteiger partial charge in [-0.05, 0) is 203 Å². The van der Waals surface area contributed by atoms with Crippen LogP contribution in [-0.2, 0) is 0 Å². The zero-order valence-electron chi connectivity index (χ0n) is 30.6. The normalized spacial score (nSPS) is 32.0. The number of piperidine rings is 4. The Morgan fingerprint density at radius 1 is 0.476 bits per heavy atom. The van der Waals surface area contributed by atoms with E-state index in [0.717, 1.165) is 35.6 Å². The van der Waals surface area contributed by atoms with Crippen molar-refractivity contribution in [1.29, 1.82) is 0 Å². The van der Waals surface area contributed by atoms with Crippen LogP contribution >= 0.6 is 0 Å². The Morgan fingerprint density at radius 2 is 0.952 bits per heavy atom. The minimum atomic E-state index is 0.250. The molecule has 4 atom stereocenters. The van der Waals surface area contributed by atoms with E-state index in [1.54, 1.807) is 0 Å². The number of likely N-dealkylation sites (tertiary alicyclic amines) is 4. The molecule has 42 heavy (non-hydrogen) atoms. The molecule has 4 aliphatic rings. The number of hydrogen-bond acceptors (Lipinski definition) is 4. The smallest absolute Gasteiger partial charge is 0.0146 e. The van der Waals surface area contributed by atoms with Gasteiger partial charge in [-0.3, -0.25) is 19.6 Å². The number of nitrogens with zero attached hydrogens (tertiary/aromatic N) is 4. The van der Waals surface area contributed by atoms with Crippen LogP contribution in [0.3, 0.4) is 0 Å². The third-order valence-electron chi connectivity index (χ3n) is 12.5. The molecule has 0 aliphatic carbocycles. The maximum Gasteiger partial charge on any atom is 0.0146 e. The summed E-state index contributed by atoms with van der Waals surface area (Å²) in [6.07, 6.45) is 12.9. The van der Waals surface area contributed by atoms with Crippen molar-refractivity contribution in [3.63, 3.8) is 0 Å². The third-order valence-corrected chi connectivity index (χ3v) is 12.5. The van der Waals surface area contributed by atoms with Gasteiger partial charge in [0.15, 0.2) is 0 Å². The zero-order valence-corrected chi connectivity index (χ0v) is 30.6. The summed E-state index contributed by atoms with van der Waals surface area (Å²) in [6.45, 7) is 38.4. The van der Waals surface area contributed by atoms with E-state index < -0.39 is 0 Å². The maximum absolute atomic E-state index is 3.00. The predicted molar refractivity (Wildman–Crippen MR) is 183 cm³/mol. The van der Waals surface area contributed by atoms with Gasteiger partial charge >= 0.3 is 0 Å². The Hall–Kier alpha value is -0.160. The Kier molecular flexibility index (Phi) is 11.0. The molecule has 4 nitrogen and oxygen atoms in total. The van der Waals surface area contributed by atoms with Crippen molar-refractivity contribution in [2.75, 3.05) is 45.8 Å². The average Bonchev–Trinajstić information content (AvgIpc) is 2.90. The van der Waals surface area contributed by atoms with Crippen molar-refractivity contribution in [3.05, 3.63) is 0 Å². The van der Waals surface area contributed by atoms with Gasteiger partial charge in [0.25, 0.3) is 0 Å². The van der Waals surface area contributed by atoms with Crippen LogP contribution < -0.4 is 0 Å². The second-order valence-corrected chi connectivity index (χ2v) is 19.2. The highest BCUT2D eigenvalue weighted by Crippen LogP contribution is 2.45. The summed E-state index contributed by atoms with van der Waals surface area (Å²) in [5, 5.41) is 0. The zero-order chi connectivity index (χ0) is 31.1. The fourth-order valence-electron chi connectivity index (χ4n) is 9.51. The lowest BCUT2D eigenvalue weighted by Gasteiger charge is -2.56. The standard InChI is InChI=1S/C38H74N4/c1-35(2,3)39-21-15-29(16-22-39)13-14-31-19-25-41(37(7,8)9)28-33(31)34-27-32(20-26-42(34)38(10,11)12)30-17-23-40(24-18-30)36(4,5)6/h29-34H,13-28H2,1-12H3. The molecule has 0 N–H and O–H groups in total. The highest BCUT2D eigenvalue weighted by atomic mass is 15.3. The van der Waals surface area contributed by atoms with Crippen LogP contribution in [0.2, 0.25) is 0 Å². The van der Waals surface area contributed by atoms with Crippen LogP contribution in [0.1, 0.15) is 141 Å². The van der Waals surface area contributed by atoms with Gasteiger partial charge in [-0.1, -0.05) is 6.42 Å². The Labute approximate surface area is 263 Å². The summed E-state index contributed by atoms with van der Waals surface area (Å²) >= 11 is 0. The van der Waals surface area contributed by atoms with E-state index in [0.29, 0.717) is 11.1 Å². The van der Waals surface area contributed by atoms with E-state index in [2.05, 4.69) is 103 Å². The van der Waals surface area contributed by atoms with E-state index in [-0.39, 0.29) is 11.1 Å². The van der Waals surface area contributed by atoms with Gasteiger partial charge in [-0.15, -0.1) is 0 Å². The van der Waals surface area contributed by atoms with Crippen LogP contribution in [-0.4, -0.2) is 93.6 Å². The van der Waals surface area contributed by atoms with Crippen LogP contribution in [0.4, 0.5) is 0 Å². The molecule has 0 saturated carbocycles. The van der Waals surface area contributed by atoms with Crippen molar-refractivity contribution < 1.29 is 0 Å². The van der Waals surface area contributed by atoms with Gasteiger partial charge in [0.1, 0.15) is 0 Å². The van der Waals surface area contributed by atoms with Crippen molar-refractivity contribution >= 4 is 0 Å². The van der Waals surface area contributed by atoms with Crippen LogP contribution in [0, 0.1) is 29.6 Å². The molecule has 0 bridgehead atoms. The van der Waals surface area contributed by atoms with Crippen LogP contribution in [0.15, 0.2) is 0 Å². The Balaban J connectivity index is 1.48. The monoisotopic (exact) mass is 587 g/mol. The van der Waals surface area contributed by atoms with E-state index >= 15 is 0 Å². The van der Waals surface area contributed by atoms with Crippen molar-refractivity contribution in [2.45, 2.75) is 169 Å². The van der Waals surface area contributed by atoms with E-state index in [9.17, 15) is 0 Å². The molecule has 4 heteroatoms. The molecule has 4 rings (SSSR count). The maximum atomic E-state index is 3.00. The molecule has 4 aliphatic heterocycles. The highest BCUT2D eigenvalue weighted by Gasteiger charge is 2.46. The lowest BCUT2D eigenvalue weighted by atomic mass is 9.68. The first-order valence-electron chi connectivity index (χ1n) is 18.4. The van der Waals surface area contributed by atoms with Crippen molar-refractivity contribution in [1.82, 2.24) is 19.6 Å². The van der Waals surface area contributed by atoms with Gasteiger partial charge < -0.3 is 0 Å². The summed E-state index contributed by atoms with van der Waals surface area (Å²) < 4.78 is 0. The molecule has 0 radical (unpaired) electrons. The first-order valence-corrected chi connectivity index (χ1v) is 18.4. The fraction of sp³-hybridized carbons (Fsp3) is 1.00. The van der Waals surface area contributed by atoms with E-state index in [1.165, 1.54) is 104 Å². The van der Waals surface area contributed by atoms with Crippen LogP contribution in [0.25, 0.3) is 0 Å². The second-order valence-electron chi connectivity index (χ2n) is 19.2. The average molecular weight is 587 g/mol. The molecule has 0 aromatic carbocycles. The molecule has 0 spiro atoms. The summed E-state index contributed by atoms with van der Waals surface area (Å²) in [5.41, 5.74) is 1.16.